The topological polar surface area (TPSA) is 54.0 Å². The summed E-state index contributed by atoms with van der Waals surface area (Å²) in [5, 5.41) is 5.24. The number of hydrogen-bond acceptors (Lipinski definition) is 6. The number of anilines is 1. The van der Waals surface area contributed by atoms with E-state index in [1.165, 1.54) is 10.9 Å². The van der Waals surface area contributed by atoms with Gasteiger partial charge in [0.2, 0.25) is 6.79 Å². The van der Waals surface area contributed by atoms with Crippen molar-refractivity contribution in [1.82, 2.24) is 10.2 Å². The number of thiophene rings is 1. The quantitative estimate of drug-likeness (QED) is 0.586. The molecule has 0 saturated carbocycles. The summed E-state index contributed by atoms with van der Waals surface area (Å²) in [6.07, 6.45) is 0. The van der Waals surface area contributed by atoms with Crippen LogP contribution in [0.1, 0.15) is 28.2 Å². The number of nitrogens with one attached hydrogen (secondary N) is 1. The van der Waals surface area contributed by atoms with Gasteiger partial charge in [-0.15, -0.1) is 11.3 Å². The zero-order valence-corrected chi connectivity index (χ0v) is 19.2. The van der Waals surface area contributed by atoms with Crippen molar-refractivity contribution >= 4 is 22.9 Å². The normalized spacial score (nSPS) is 17.6. The summed E-state index contributed by atoms with van der Waals surface area (Å²) in [6.45, 7) is 5.23. The number of para-hydroxylation sites is 1. The Kier molecular flexibility index (Phi) is 6.20. The van der Waals surface area contributed by atoms with Gasteiger partial charge in [0.15, 0.2) is 11.5 Å². The molecule has 5 rings (SSSR count). The van der Waals surface area contributed by atoms with E-state index in [0.717, 1.165) is 26.2 Å². The highest BCUT2D eigenvalue weighted by Crippen LogP contribution is 2.33. The van der Waals surface area contributed by atoms with Crippen molar-refractivity contribution in [1.29, 1.82) is 0 Å². The van der Waals surface area contributed by atoms with Crippen LogP contribution in [0.3, 0.4) is 0 Å². The number of halogens is 1. The third-order valence-corrected chi connectivity index (χ3v) is 7.15. The maximum Gasteiger partial charge on any atom is 0.251 e. The molecule has 33 heavy (non-hydrogen) atoms. The van der Waals surface area contributed by atoms with Crippen LogP contribution in [0.2, 0.25) is 0 Å². The largest absolute Gasteiger partial charge is 0.454 e. The fourth-order valence-corrected chi connectivity index (χ4v) is 5.52. The first kappa shape index (κ1) is 21.7. The van der Waals surface area contributed by atoms with Crippen molar-refractivity contribution < 1.29 is 18.7 Å². The minimum absolute atomic E-state index is 0.0331. The van der Waals surface area contributed by atoms with Crippen LogP contribution >= 0.6 is 11.3 Å². The molecule has 0 spiro atoms. The van der Waals surface area contributed by atoms with Crippen molar-refractivity contribution in [3.63, 3.8) is 0 Å². The van der Waals surface area contributed by atoms with Gasteiger partial charge in [-0.3, -0.25) is 9.69 Å². The molecule has 2 aliphatic heterocycles. The number of carbonyl (C=O) groups is 1. The molecule has 0 aliphatic carbocycles. The molecule has 3 aromatic rings. The van der Waals surface area contributed by atoms with Crippen LogP contribution in [-0.4, -0.2) is 49.8 Å². The standard InChI is InChI=1S/C25H26FN3O3S/c1-17(27-25(30)18-8-9-21-22(15-18)32-16-31-21)24(23-7-4-14-33-23)29-12-10-28(11-13-29)20-6-3-2-5-19(20)26/h2-9,14-15,17,24H,10-13,16H2,1H3,(H,27,30)/t17-,24-/m1/s1. The number of carbonyl (C=O) groups excluding carboxylic acids is 1. The molecule has 1 saturated heterocycles. The summed E-state index contributed by atoms with van der Waals surface area (Å²) in [6, 6.07) is 16.2. The van der Waals surface area contributed by atoms with E-state index in [1.54, 1.807) is 35.6 Å². The number of nitrogens with zero attached hydrogens (tertiary/aromatic N) is 2. The Hall–Kier alpha value is -3.10. The number of benzene rings is 2. The lowest BCUT2D eigenvalue weighted by molar-refractivity contribution is 0.0890. The molecular weight excluding hydrogens is 441 g/mol. The first-order chi connectivity index (χ1) is 16.1. The van der Waals surface area contributed by atoms with E-state index in [-0.39, 0.29) is 30.6 Å². The first-order valence-corrected chi connectivity index (χ1v) is 12.0. The molecule has 1 aromatic heterocycles. The smallest absolute Gasteiger partial charge is 0.251 e. The molecule has 2 atom stereocenters. The molecule has 8 heteroatoms. The van der Waals surface area contributed by atoms with E-state index < -0.39 is 0 Å². The minimum atomic E-state index is -0.190. The zero-order chi connectivity index (χ0) is 22.8. The fourth-order valence-electron chi connectivity index (χ4n) is 4.56. The van der Waals surface area contributed by atoms with Crippen LogP contribution in [-0.2, 0) is 0 Å². The summed E-state index contributed by atoms with van der Waals surface area (Å²) in [5.41, 5.74) is 1.19. The Morgan fingerprint density at radius 2 is 1.82 bits per heavy atom. The van der Waals surface area contributed by atoms with Gasteiger partial charge >= 0.3 is 0 Å². The van der Waals surface area contributed by atoms with Gasteiger partial charge in [0.25, 0.3) is 5.91 Å². The van der Waals surface area contributed by atoms with E-state index in [4.69, 9.17) is 9.47 Å². The fraction of sp³-hybridized carbons (Fsp3) is 0.320. The molecule has 2 aliphatic rings. The van der Waals surface area contributed by atoms with Crippen LogP contribution in [0.4, 0.5) is 10.1 Å². The Morgan fingerprint density at radius 1 is 1.03 bits per heavy atom. The van der Waals surface area contributed by atoms with Crippen LogP contribution in [0.15, 0.2) is 60.0 Å². The molecule has 2 aromatic carbocycles. The molecule has 1 N–H and O–H groups in total. The third kappa shape index (κ3) is 4.54. The summed E-state index contributed by atoms with van der Waals surface area (Å²) in [7, 11) is 0. The average Bonchev–Trinajstić information content (AvgIpc) is 3.52. The lowest BCUT2D eigenvalue weighted by Gasteiger charge is -2.42. The van der Waals surface area contributed by atoms with Crippen LogP contribution in [0, 0.1) is 5.82 Å². The molecule has 1 fully saturated rings. The molecule has 6 nitrogen and oxygen atoms in total. The van der Waals surface area contributed by atoms with E-state index >= 15 is 0 Å². The Bertz CT molecular complexity index is 1120. The number of piperazine rings is 1. The van der Waals surface area contributed by atoms with Gasteiger partial charge in [0.05, 0.1) is 11.7 Å². The van der Waals surface area contributed by atoms with Crippen molar-refractivity contribution in [3.8, 4) is 11.5 Å². The second-order valence-electron chi connectivity index (χ2n) is 8.26. The lowest BCUT2D eigenvalue weighted by Crippen LogP contribution is -2.52. The monoisotopic (exact) mass is 467 g/mol. The number of hydrogen-bond donors (Lipinski definition) is 1. The van der Waals surface area contributed by atoms with Crippen molar-refractivity contribution in [2.24, 2.45) is 0 Å². The summed E-state index contributed by atoms with van der Waals surface area (Å²) < 4.78 is 25.0. The van der Waals surface area contributed by atoms with Crippen LogP contribution < -0.4 is 19.7 Å². The molecule has 1 amide bonds. The highest BCUT2D eigenvalue weighted by atomic mass is 32.1. The van der Waals surface area contributed by atoms with E-state index in [9.17, 15) is 9.18 Å². The van der Waals surface area contributed by atoms with Crippen LogP contribution in [0.25, 0.3) is 0 Å². The average molecular weight is 468 g/mol. The Labute approximate surface area is 196 Å². The molecule has 0 radical (unpaired) electrons. The minimum Gasteiger partial charge on any atom is -0.454 e. The highest BCUT2D eigenvalue weighted by molar-refractivity contribution is 7.10. The van der Waals surface area contributed by atoms with Gasteiger partial charge in [0, 0.05) is 42.7 Å². The second kappa shape index (κ2) is 9.41. The van der Waals surface area contributed by atoms with Crippen LogP contribution in [0.5, 0.6) is 11.5 Å². The number of amides is 1. The lowest BCUT2D eigenvalue weighted by atomic mass is 10.0. The van der Waals surface area contributed by atoms with Gasteiger partial charge in [-0.1, -0.05) is 18.2 Å². The summed E-state index contributed by atoms with van der Waals surface area (Å²) >= 11 is 1.69. The SMILES string of the molecule is C[C@@H](NC(=O)c1ccc2c(c1)OCO2)[C@H](c1cccs1)N1CCN(c2ccccc2F)CC1. The molecule has 3 heterocycles. The zero-order valence-electron chi connectivity index (χ0n) is 18.4. The second-order valence-corrected chi connectivity index (χ2v) is 9.24. The van der Waals surface area contributed by atoms with E-state index in [0.29, 0.717) is 22.7 Å². The highest BCUT2D eigenvalue weighted by Gasteiger charge is 2.31. The molecule has 172 valence electrons. The number of ether oxygens (including phenoxy) is 2. The van der Waals surface area contributed by atoms with Gasteiger partial charge in [-0.2, -0.15) is 0 Å². The van der Waals surface area contributed by atoms with Gasteiger partial charge in [0.1, 0.15) is 5.82 Å². The van der Waals surface area contributed by atoms with Gasteiger partial charge in [-0.05, 0) is 48.7 Å². The van der Waals surface area contributed by atoms with Crippen molar-refractivity contribution in [3.05, 3.63) is 76.2 Å². The Balaban J connectivity index is 1.29. The Morgan fingerprint density at radius 3 is 2.58 bits per heavy atom. The predicted molar refractivity (Wildman–Crippen MR) is 127 cm³/mol. The van der Waals surface area contributed by atoms with E-state index in [2.05, 4.69) is 26.6 Å². The number of fused-ring (bicyclic) bond motifs is 1. The van der Waals surface area contributed by atoms with Crippen molar-refractivity contribution in [2.45, 2.75) is 19.0 Å². The molecule has 0 bridgehead atoms. The molecular formula is C25H26FN3O3S. The summed E-state index contributed by atoms with van der Waals surface area (Å²) in [4.78, 5) is 18.7. The van der Waals surface area contributed by atoms with E-state index in [1.807, 2.05) is 25.1 Å². The maximum atomic E-state index is 14.3. The molecule has 0 unspecified atom stereocenters. The maximum absolute atomic E-state index is 14.3. The first-order valence-electron chi connectivity index (χ1n) is 11.1. The van der Waals surface area contributed by atoms with Gasteiger partial charge < -0.3 is 19.7 Å². The van der Waals surface area contributed by atoms with Gasteiger partial charge in [-0.25, -0.2) is 4.39 Å². The third-order valence-electron chi connectivity index (χ3n) is 6.20. The predicted octanol–water partition coefficient (Wildman–Crippen LogP) is 4.30. The van der Waals surface area contributed by atoms with Crippen molar-refractivity contribution in [2.75, 3.05) is 37.9 Å². The summed E-state index contributed by atoms with van der Waals surface area (Å²) in [5.74, 6) is 0.913. The number of rotatable bonds is 6.